The van der Waals surface area contributed by atoms with Crippen LogP contribution in [-0.4, -0.2) is 16.3 Å². The first kappa shape index (κ1) is 10.5. The lowest BCUT2D eigenvalue weighted by atomic mass is 9.93. The van der Waals surface area contributed by atoms with Gasteiger partial charge in [-0.1, -0.05) is 18.2 Å². The molecule has 1 aromatic heterocycles. The monoisotopic (exact) mass is 227 g/mol. The first-order chi connectivity index (χ1) is 8.33. The quantitative estimate of drug-likeness (QED) is 0.845. The Morgan fingerprint density at radius 2 is 2.29 bits per heavy atom. The minimum Gasteiger partial charge on any atom is -0.312 e. The van der Waals surface area contributed by atoms with Crippen LogP contribution in [0.2, 0.25) is 0 Å². The van der Waals surface area contributed by atoms with Gasteiger partial charge in [0.25, 0.3) is 0 Å². The first-order valence-corrected chi connectivity index (χ1v) is 6.12. The van der Waals surface area contributed by atoms with E-state index in [4.69, 9.17) is 0 Å². The van der Waals surface area contributed by atoms with Crippen LogP contribution < -0.4 is 5.32 Å². The molecule has 3 nitrogen and oxygen atoms in total. The van der Waals surface area contributed by atoms with Crippen LogP contribution in [0.4, 0.5) is 0 Å². The maximum absolute atomic E-state index is 4.46. The zero-order valence-electron chi connectivity index (χ0n) is 10.1. The van der Waals surface area contributed by atoms with E-state index in [1.807, 2.05) is 17.9 Å². The van der Waals surface area contributed by atoms with Crippen molar-refractivity contribution in [3.8, 4) is 0 Å². The highest BCUT2D eigenvalue weighted by Crippen LogP contribution is 2.20. The van der Waals surface area contributed by atoms with Crippen LogP contribution >= 0.6 is 0 Å². The Labute approximate surface area is 101 Å². The van der Waals surface area contributed by atoms with Crippen molar-refractivity contribution in [2.45, 2.75) is 19.4 Å². The Balaban J connectivity index is 1.92. The summed E-state index contributed by atoms with van der Waals surface area (Å²) in [6, 6.07) is 8.72. The molecule has 3 heteroatoms. The lowest BCUT2D eigenvalue weighted by Crippen LogP contribution is -2.24. The second-order valence-electron chi connectivity index (χ2n) is 4.64. The summed E-state index contributed by atoms with van der Waals surface area (Å²) in [5, 5.41) is 7.87. The third kappa shape index (κ3) is 2.11. The second kappa shape index (κ2) is 4.34. The van der Waals surface area contributed by atoms with Crippen molar-refractivity contribution in [2.75, 3.05) is 6.54 Å². The summed E-state index contributed by atoms with van der Waals surface area (Å²) in [6.45, 7) is 2.09. The van der Waals surface area contributed by atoms with E-state index in [-0.39, 0.29) is 0 Å². The van der Waals surface area contributed by atoms with E-state index in [1.54, 1.807) is 0 Å². The van der Waals surface area contributed by atoms with E-state index < -0.39 is 0 Å². The molecule has 2 heterocycles. The van der Waals surface area contributed by atoms with Gasteiger partial charge in [-0.3, -0.25) is 4.68 Å². The summed E-state index contributed by atoms with van der Waals surface area (Å²) in [7, 11) is 1.97. The van der Waals surface area contributed by atoms with Gasteiger partial charge in [-0.25, -0.2) is 0 Å². The van der Waals surface area contributed by atoms with Gasteiger partial charge >= 0.3 is 0 Å². The van der Waals surface area contributed by atoms with Gasteiger partial charge < -0.3 is 5.32 Å². The van der Waals surface area contributed by atoms with Crippen LogP contribution in [0.5, 0.6) is 0 Å². The molecule has 0 radical (unpaired) electrons. The number of fused-ring (bicyclic) bond motifs is 1. The number of nitrogens with one attached hydrogen (secondary N) is 1. The van der Waals surface area contributed by atoms with Gasteiger partial charge in [0.05, 0.1) is 5.69 Å². The normalized spacial score (nSPS) is 14.6. The standard InChI is InChI=1S/C14H17N3/c1-17-8-6-13(16-17)9-11-3-2-4-12-10-15-7-5-14(11)12/h2-4,6,8,15H,5,7,9-10H2,1H3. The van der Waals surface area contributed by atoms with E-state index in [2.05, 4.69) is 34.7 Å². The Morgan fingerprint density at radius 1 is 1.35 bits per heavy atom. The Hall–Kier alpha value is -1.61. The molecule has 0 fully saturated rings. The maximum atomic E-state index is 4.46. The third-order valence-corrected chi connectivity index (χ3v) is 3.38. The number of hydrogen-bond acceptors (Lipinski definition) is 2. The maximum Gasteiger partial charge on any atom is 0.0668 e. The summed E-state index contributed by atoms with van der Waals surface area (Å²) < 4.78 is 1.87. The van der Waals surface area contributed by atoms with E-state index in [0.717, 1.165) is 31.6 Å². The third-order valence-electron chi connectivity index (χ3n) is 3.38. The number of nitrogens with zero attached hydrogens (tertiary/aromatic N) is 2. The Morgan fingerprint density at radius 3 is 3.12 bits per heavy atom. The highest BCUT2D eigenvalue weighted by molar-refractivity contribution is 5.38. The van der Waals surface area contributed by atoms with Crippen LogP contribution in [0, 0.1) is 0 Å². The molecule has 0 bridgehead atoms. The van der Waals surface area contributed by atoms with Crippen LogP contribution in [0.3, 0.4) is 0 Å². The molecule has 0 saturated heterocycles. The minimum atomic E-state index is 0.948. The van der Waals surface area contributed by atoms with E-state index >= 15 is 0 Å². The Kier molecular flexibility index (Phi) is 2.69. The van der Waals surface area contributed by atoms with Crippen molar-refractivity contribution in [3.05, 3.63) is 52.8 Å². The Bertz CT molecular complexity index is 528. The lowest BCUT2D eigenvalue weighted by molar-refractivity contribution is 0.639. The number of rotatable bonds is 2. The van der Waals surface area contributed by atoms with E-state index in [0.29, 0.717) is 0 Å². The fourth-order valence-electron chi connectivity index (χ4n) is 2.53. The van der Waals surface area contributed by atoms with Crippen molar-refractivity contribution >= 4 is 0 Å². The molecule has 88 valence electrons. The van der Waals surface area contributed by atoms with Gasteiger partial charge in [-0.15, -0.1) is 0 Å². The van der Waals surface area contributed by atoms with Crippen LogP contribution in [0.25, 0.3) is 0 Å². The van der Waals surface area contributed by atoms with Crippen molar-refractivity contribution in [1.82, 2.24) is 15.1 Å². The smallest absolute Gasteiger partial charge is 0.0668 e. The predicted molar refractivity (Wildman–Crippen MR) is 67.9 cm³/mol. The van der Waals surface area contributed by atoms with Crippen molar-refractivity contribution in [1.29, 1.82) is 0 Å². The number of aryl methyl sites for hydroxylation is 1. The zero-order valence-corrected chi connectivity index (χ0v) is 10.1. The molecule has 1 aromatic carbocycles. The molecular formula is C14H17N3. The molecule has 1 aliphatic heterocycles. The van der Waals surface area contributed by atoms with Crippen LogP contribution in [-0.2, 0) is 26.4 Å². The zero-order chi connectivity index (χ0) is 11.7. The fourth-order valence-corrected chi connectivity index (χ4v) is 2.53. The predicted octanol–water partition coefficient (Wildman–Crippen LogP) is 1.66. The SMILES string of the molecule is Cn1ccc(Cc2cccc3c2CCNC3)n1. The summed E-state index contributed by atoms with van der Waals surface area (Å²) in [5.74, 6) is 0. The molecule has 2 aromatic rings. The van der Waals surface area contributed by atoms with Gasteiger partial charge in [0.15, 0.2) is 0 Å². The molecule has 1 aliphatic rings. The van der Waals surface area contributed by atoms with E-state index in [9.17, 15) is 0 Å². The summed E-state index contributed by atoms with van der Waals surface area (Å²) in [4.78, 5) is 0. The molecule has 17 heavy (non-hydrogen) atoms. The largest absolute Gasteiger partial charge is 0.312 e. The first-order valence-electron chi connectivity index (χ1n) is 6.12. The van der Waals surface area contributed by atoms with Crippen molar-refractivity contribution in [3.63, 3.8) is 0 Å². The molecule has 1 N–H and O–H groups in total. The van der Waals surface area contributed by atoms with Crippen molar-refractivity contribution < 1.29 is 0 Å². The summed E-state index contributed by atoms with van der Waals surface area (Å²) in [6.07, 6.45) is 4.09. The number of aromatic nitrogens is 2. The highest BCUT2D eigenvalue weighted by atomic mass is 15.2. The van der Waals surface area contributed by atoms with Crippen LogP contribution in [0.15, 0.2) is 30.5 Å². The molecule has 0 amide bonds. The topological polar surface area (TPSA) is 29.9 Å². The molecule has 0 spiro atoms. The average molecular weight is 227 g/mol. The van der Waals surface area contributed by atoms with Crippen molar-refractivity contribution in [2.24, 2.45) is 7.05 Å². The minimum absolute atomic E-state index is 0.948. The summed E-state index contributed by atoms with van der Waals surface area (Å²) >= 11 is 0. The average Bonchev–Trinajstić information content (AvgIpc) is 2.75. The fraction of sp³-hybridized carbons (Fsp3) is 0.357. The molecule has 0 unspecified atom stereocenters. The molecule has 0 aliphatic carbocycles. The van der Waals surface area contributed by atoms with E-state index in [1.165, 1.54) is 16.7 Å². The number of hydrogen-bond donors (Lipinski definition) is 1. The van der Waals surface area contributed by atoms with Gasteiger partial charge in [0, 0.05) is 26.2 Å². The molecule has 0 saturated carbocycles. The van der Waals surface area contributed by atoms with Gasteiger partial charge in [0.2, 0.25) is 0 Å². The molecule has 3 rings (SSSR count). The number of benzene rings is 1. The van der Waals surface area contributed by atoms with Gasteiger partial charge in [0.1, 0.15) is 0 Å². The van der Waals surface area contributed by atoms with Gasteiger partial charge in [-0.05, 0) is 35.7 Å². The molecular weight excluding hydrogens is 210 g/mol. The summed E-state index contributed by atoms with van der Waals surface area (Å²) in [5.41, 5.74) is 5.56. The lowest BCUT2D eigenvalue weighted by Gasteiger charge is -2.20. The van der Waals surface area contributed by atoms with Gasteiger partial charge in [-0.2, -0.15) is 5.10 Å². The van der Waals surface area contributed by atoms with Crippen LogP contribution in [0.1, 0.15) is 22.4 Å². The second-order valence-corrected chi connectivity index (χ2v) is 4.64. The highest BCUT2D eigenvalue weighted by Gasteiger charge is 2.12. The molecule has 0 atom stereocenters.